The number of aliphatic carboxylic acids is 1. The van der Waals surface area contributed by atoms with E-state index in [0.717, 1.165) is 16.0 Å². The third kappa shape index (κ3) is 3.14. The molecule has 1 amide bonds. The second-order valence-electron chi connectivity index (χ2n) is 7.86. The van der Waals surface area contributed by atoms with E-state index in [1.807, 2.05) is 30.5 Å². The number of nitrogens with zero attached hydrogens (tertiary/aromatic N) is 1. The number of carboxylic acids is 1. The zero-order valence-corrected chi connectivity index (χ0v) is 20.2. The van der Waals surface area contributed by atoms with Crippen LogP contribution >= 0.6 is 11.8 Å². The summed E-state index contributed by atoms with van der Waals surface area (Å²) in [5.74, 6) is -2.46. The number of carboxylic acid groups (broad SMARTS) is 1. The summed E-state index contributed by atoms with van der Waals surface area (Å²) in [6.07, 6.45) is 1.43. The molecule has 1 aliphatic carbocycles. The molecule has 0 bridgehead atoms. The van der Waals surface area contributed by atoms with Crippen molar-refractivity contribution in [2.45, 2.75) is 30.4 Å². The van der Waals surface area contributed by atoms with Crippen molar-refractivity contribution in [3.63, 3.8) is 0 Å². The number of carbonyl (C=O) groups excluding carboxylic acids is 3. The van der Waals surface area contributed by atoms with Crippen molar-refractivity contribution in [1.82, 2.24) is 4.90 Å². The Bertz CT molecular complexity index is 1190. The van der Waals surface area contributed by atoms with E-state index in [1.165, 1.54) is 11.8 Å². The summed E-state index contributed by atoms with van der Waals surface area (Å²) < 4.78 is 0. The fourth-order valence-corrected chi connectivity index (χ4v) is 5.33. The van der Waals surface area contributed by atoms with E-state index in [9.17, 15) is 24.6 Å². The topological polar surface area (TPSA) is 97.7 Å². The SMILES string of the molecule is CSc1ccc2c(c1)C(=O)c1ccc(C3=C(C(=O)[O-])N4C(=O)[C@H]([C@@H](C)O)[C@H]4C3)cc1-2.[Na+]. The molecule has 2 aromatic rings. The number of benzene rings is 2. The van der Waals surface area contributed by atoms with Gasteiger partial charge in [0.1, 0.15) is 0 Å². The summed E-state index contributed by atoms with van der Waals surface area (Å²) in [7, 11) is 0. The predicted molar refractivity (Wildman–Crippen MR) is 109 cm³/mol. The molecule has 2 heterocycles. The minimum absolute atomic E-state index is 0. The fraction of sp³-hybridized carbons (Fsp3) is 0.261. The average Bonchev–Trinajstić information content (AvgIpc) is 3.20. The molecule has 31 heavy (non-hydrogen) atoms. The quantitative estimate of drug-likeness (QED) is 0.306. The van der Waals surface area contributed by atoms with E-state index in [0.29, 0.717) is 28.7 Å². The number of β-lactam (4-membered cyclic amide) rings is 1. The first-order valence-corrected chi connectivity index (χ1v) is 10.9. The number of aliphatic hydroxyl groups is 1. The first-order valence-electron chi connectivity index (χ1n) is 9.66. The van der Waals surface area contributed by atoms with Gasteiger partial charge in [-0.3, -0.25) is 9.59 Å². The first kappa shape index (κ1) is 22.3. The smallest absolute Gasteiger partial charge is 0.543 e. The maximum atomic E-state index is 12.8. The van der Waals surface area contributed by atoms with Crippen LogP contribution in [0.4, 0.5) is 0 Å². The number of ketones is 1. The summed E-state index contributed by atoms with van der Waals surface area (Å²) in [4.78, 5) is 39.4. The molecule has 0 unspecified atom stereocenters. The van der Waals surface area contributed by atoms with Gasteiger partial charge in [-0.25, -0.2) is 0 Å². The van der Waals surface area contributed by atoms with Gasteiger partial charge < -0.3 is 19.9 Å². The van der Waals surface area contributed by atoms with Crippen molar-refractivity contribution in [2.75, 3.05) is 6.26 Å². The minimum atomic E-state index is -1.41. The van der Waals surface area contributed by atoms with Crippen LogP contribution in [0.1, 0.15) is 34.8 Å². The van der Waals surface area contributed by atoms with Gasteiger partial charge in [0.25, 0.3) is 0 Å². The third-order valence-electron chi connectivity index (χ3n) is 6.30. The number of carbonyl (C=O) groups is 3. The van der Waals surface area contributed by atoms with Crippen molar-refractivity contribution >= 4 is 35.0 Å². The number of hydrogen-bond acceptors (Lipinski definition) is 6. The molecule has 0 spiro atoms. The molecule has 2 aromatic carbocycles. The van der Waals surface area contributed by atoms with Gasteiger partial charge in [0.15, 0.2) is 5.78 Å². The Morgan fingerprint density at radius 3 is 2.48 bits per heavy atom. The molecule has 8 heteroatoms. The van der Waals surface area contributed by atoms with E-state index < -0.39 is 23.9 Å². The number of fused-ring (bicyclic) bond motifs is 4. The van der Waals surface area contributed by atoms with Crippen LogP contribution in [0.3, 0.4) is 0 Å². The molecule has 0 radical (unpaired) electrons. The molecule has 152 valence electrons. The zero-order chi connectivity index (χ0) is 21.3. The number of aliphatic hydroxyl groups excluding tert-OH is 1. The Balaban J connectivity index is 0.00000231. The minimum Gasteiger partial charge on any atom is -0.543 e. The first-order chi connectivity index (χ1) is 14.3. The standard InChI is InChI=1S/C23H19NO5S.Na/c1-10(25)19-18-9-15(20(23(28)29)24(18)22(19)27)11-3-5-14-16(7-11)13-6-4-12(30-2)8-17(13)21(14)26;/h3-8,10,18-19,25H,9H2,1-2H3,(H,28,29);/q;+1/p-1/t10-,18-,19-;/m1./s1. The summed E-state index contributed by atoms with van der Waals surface area (Å²) in [5.41, 5.74) is 3.83. The second-order valence-corrected chi connectivity index (χ2v) is 8.74. The molecule has 1 saturated heterocycles. The molecule has 1 fully saturated rings. The van der Waals surface area contributed by atoms with Crippen LogP contribution in [-0.4, -0.2) is 46.1 Å². The molecule has 3 aliphatic rings. The third-order valence-corrected chi connectivity index (χ3v) is 7.02. The Morgan fingerprint density at radius 1 is 1.13 bits per heavy atom. The number of hydrogen-bond donors (Lipinski definition) is 1. The number of amides is 1. The van der Waals surface area contributed by atoms with Gasteiger partial charge in [-0.15, -0.1) is 11.8 Å². The molecule has 3 atom stereocenters. The number of thioether (sulfide) groups is 1. The van der Waals surface area contributed by atoms with E-state index in [-0.39, 0.29) is 47.1 Å². The molecular formula is C23H18NNaO5S. The normalized spacial score (nSPS) is 21.8. The van der Waals surface area contributed by atoms with Gasteiger partial charge in [0.2, 0.25) is 5.91 Å². The Hall–Kier alpha value is -1.90. The van der Waals surface area contributed by atoms with Gasteiger partial charge >= 0.3 is 29.6 Å². The largest absolute Gasteiger partial charge is 1.00 e. The van der Waals surface area contributed by atoms with Gasteiger partial charge in [-0.2, -0.15) is 0 Å². The summed E-state index contributed by atoms with van der Waals surface area (Å²) in [6.45, 7) is 1.54. The Morgan fingerprint density at radius 2 is 1.84 bits per heavy atom. The summed E-state index contributed by atoms with van der Waals surface area (Å²) >= 11 is 1.56. The molecule has 6 nitrogen and oxygen atoms in total. The molecule has 0 saturated carbocycles. The molecular weight excluding hydrogens is 425 g/mol. The van der Waals surface area contributed by atoms with Crippen LogP contribution in [-0.2, 0) is 9.59 Å². The Kier molecular flexibility index (Phi) is 5.69. The van der Waals surface area contributed by atoms with Gasteiger partial charge in [0, 0.05) is 16.0 Å². The van der Waals surface area contributed by atoms with Crippen LogP contribution < -0.4 is 34.7 Å². The summed E-state index contributed by atoms with van der Waals surface area (Å²) in [6, 6.07) is 10.6. The van der Waals surface area contributed by atoms with Crippen molar-refractivity contribution in [1.29, 1.82) is 0 Å². The van der Waals surface area contributed by atoms with E-state index in [1.54, 1.807) is 23.9 Å². The van der Waals surface area contributed by atoms with Crippen LogP contribution in [0.15, 0.2) is 47.0 Å². The van der Waals surface area contributed by atoms with Crippen molar-refractivity contribution in [2.24, 2.45) is 5.92 Å². The molecule has 0 aromatic heterocycles. The maximum Gasteiger partial charge on any atom is 1.00 e. The molecule has 2 aliphatic heterocycles. The van der Waals surface area contributed by atoms with Crippen LogP contribution in [0.2, 0.25) is 0 Å². The van der Waals surface area contributed by atoms with Crippen LogP contribution in [0, 0.1) is 5.92 Å². The second kappa shape index (κ2) is 7.90. The van der Waals surface area contributed by atoms with Gasteiger partial charge in [0.05, 0.1) is 29.7 Å². The monoisotopic (exact) mass is 443 g/mol. The van der Waals surface area contributed by atoms with Crippen molar-refractivity contribution < 1.29 is 54.2 Å². The van der Waals surface area contributed by atoms with Crippen molar-refractivity contribution in [3.05, 3.63) is 58.8 Å². The zero-order valence-electron chi connectivity index (χ0n) is 17.3. The summed E-state index contributed by atoms with van der Waals surface area (Å²) in [5, 5.41) is 21.8. The van der Waals surface area contributed by atoms with Crippen LogP contribution in [0.25, 0.3) is 16.7 Å². The molecule has 1 N–H and O–H groups in total. The van der Waals surface area contributed by atoms with Gasteiger partial charge in [-0.1, -0.05) is 12.1 Å². The Labute approximate surface area is 205 Å². The van der Waals surface area contributed by atoms with E-state index in [4.69, 9.17) is 0 Å². The van der Waals surface area contributed by atoms with Crippen LogP contribution in [0.5, 0.6) is 0 Å². The number of rotatable bonds is 4. The van der Waals surface area contributed by atoms with Gasteiger partial charge in [-0.05, 0) is 66.1 Å². The van der Waals surface area contributed by atoms with E-state index >= 15 is 0 Å². The van der Waals surface area contributed by atoms with Crippen molar-refractivity contribution in [3.8, 4) is 11.1 Å². The maximum absolute atomic E-state index is 12.8. The van der Waals surface area contributed by atoms with E-state index in [2.05, 4.69) is 0 Å². The predicted octanol–water partition coefficient (Wildman–Crippen LogP) is -1.30. The molecule has 5 rings (SSSR count). The fourth-order valence-electron chi connectivity index (χ4n) is 4.89. The average molecular weight is 443 g/mol.